The Kier molecular flexibility index (Phi) is 5.23. The number of anilines is 1. The summed E-state index contributed by atoms with van der Waals surface area (Å²) in [5.74, 6) is 0. The molecule has 0 bridgehead atoms. The molecule has 1 aromatic carbocycles. The average molecular weight is 261 g/mol. The van der Waals surface area contributed by atoms with Crippen molar-refractivity contribution in [2.24, 2.45) is 5.73 Å². The smallest absolute Gasteiger partial charge is 0.0415 e. The summed E-state index contributed by atoms with van der Waals surface area (Å²) in [6, 6.07) is 8.85. The van der Waals surface area contributed by atoms with E-state index in [0.717, 1.165) is 39.1 Å². The molecule has 2 N–H and O–H groups in total. The molecule has 0 spiro atoms. The van der Waals surface area contributed by atoms with Gasteiger partial charge in [0.25, 0.3) is 0 Å². The molecule has 1 unspecified atom stereocenters. The van der Waals surface area contributed by atoms with Crippen molar-refractivity contribution in [3.8, 4) is 0 Å². The van der Waals surface area contributed by atoms with E-state index in [1.54, 1.807) is 0 Å². The van der Waals surface area contributed by atoms with Crippen molar-refractivity contribution in [3.63, 3.8) is 0 Å². The molecular formula is C16H27N3. The Morgan fingerprint density at radius 3 is 2.74 bits per heavy atom. The third kappa shape index (κ3) is 3.48. The molecule has 1 atom stereocenters. The third-order valence-electron chi connectivity index (χ3n) is 4.20. The van der Waals surface area contributed by atoms with Crippen LogP contribution in [0.2, 0.25) is 0 Å². The normalized spacial score (nSPS) is 19.4. The Labute approximate surface area is 117 Å². The average Bonchev–Trinajstić information content (AvgIpc) is 2.61. The number of hydrogen-bond donors (Lipinski definition) is 1. The van der Waals surface area contributed by atoms with Crippen LogP contribution >= 0.6 is 0 Å². The third-order valence-corrected chi connectivity index (χ3v) is 4.20. The van der Waals surface area contributed by atoms with Gasteiger partial charge in [0.1, 0.15) is 0 Å². The van der Waals surface area contributed by atoms with Gasteiger partial charge >= 0.3 is 0 Å². The minimum Gasteiger partial charge on any atom is -0.370 e. The topological polar surface area (TPSA) is 32.5 Å². The van der Waals surface area contributed by atoms with Gasteiger partial charge in [-0.15, -0.1) is 0 Å². The number of rotatable bonds is 5. The second kappa shape index (κ2) is 6.92. The van der Waals surface area contributed by atoms with E-state index in [0.29, 0.717) is 0 Å². The first-order valence-corrected chi connectivity index (χ1v) is 7.58. The maximum Gasteiger partial charge on any atom is 0.0415 e. The van der Waals surface area contributed by atoms with E-state index in [1.165, 1.54) is 17.7 Å². The van der Waals surface area contributed by atoms with E-state index >= 15 is 0 Å². The van der Waals surface area contributed by atoms with Crippen LogP contribution in [0.15, 0.2) is 24.3 Å². The second-order valence-electron chi connectivity index (χ2n) is 5.32. The van der Waals surface area contributed by atoms with Crippen molar-refractivity contribution in [1.29, 1.82) is 0 Å². The maximum absolute atomic E-state index is 6.28. The number of para-hydroxylation sites is 1. The van der Waals surface area contributed by atoms with Gasteiger partial charge in [0.05, 0.1) is 0 Å². The van der Waals surface area contributed by atoms with E-state index in [-0.39, 0.29) is 6.04 Å². The van der Waals surface area contributed by atoms with Gasteiger partial charge in [0.2, 0.25) is 0 Å². The van der Waals surface area contributed by atoms with Crippen LogP contribution in [0.4, 0.5) is 5.69 Å². The summed E-state index contributed by atoms with van der Waals surface area (Å²) in [4.78, 5) is 4.99. The lowest BCUT2D eigenvalue weighted by molar-refractivity contribution is 0.309. The summed E-state index contributed by atoms with van der Waals surface area (Å²) in [6.07, 6.45) is 2.28. The molecule has 0 aliphatic carbocycles. The minimum atomic E-state index is 0.203. The monoisotopic (exact) mass is 261 g/mol. The molecule has 3 nitrogen and oxygen atoms in total. The standard InChI is InChI=1S/C16H27N3/c1-3-18(4-2)12-13-19-11-7-9-15(17)14-8-5-6-10-16(14)19/h5-6,8,10,15H,3-4,7,9,11-13,17H2,1-2H3. The zero-order chi connectivity index (χ0) is 13.7. The van der Waals surface area contributed by atoms with Gasteiger partial charge in [-0.3, -0.25) is 0 Å². The molecule has 0 radical (unpaired) electrons. The molecule has 0 saturated carbocycles. The van der Waals surface area contributed by atoms with E-state index in [9.17, 15) is 0 Å². The van der Waals surface area contributed by atoms with Crippen molar-refractivity contribution in [3.05, 3.63) is 29.8 Å². The Morgan fingerprint density at radius 2 is 2.00 bits per heavy atom. The minimum absolute atomic E-state index is 0.203. The Morgan fingerprint density at radius 1 is 1.26 bits per heavy atom. The van der Waals surface area contributed by atoms with Crippen molar-refractivity contribution in [2.75, 3.05) is 37.6 Å². The molecule has 0 amide bonds. The van der Waals surface area contributed by atoms with Gasteiger partial charge in [-0.05, 0) is 37.6 Å². The number of nitrogens with zero attached hydrogens (tertiary/aromatic N) is 2. The first kappa shape index (κ1) is 14.4. The quantitative estimate of drug-likeness (QED) is 0.884. The van der Waals surface area contributed by atoms with Crippen LogP contribution in [-0.2, 0) is 0 Å². The van der Waals surface area contributed by atoms with Gasteiger partial charge in [0.15, 0.2) is 0 Å². The molecule has 106 valence electrons. The summed E-state index contributed by atoms with van der Waals surface area (Å²) in [5, 5.41) is 0. The highest BCUT2D eigenvalue weighted by Gasteiger charge is 2.19. The molecule has 1 aromatic rings. The molecule has 3 heteroatoms. The van der Waals surface area contributed by atoms with E-state index in [2.05, 4.69) is 47.9 Å². The van der Waals surface area contributed by atoms with Crippen molar-refractivity contribution < 1.29 is 0 Å². The van der Waals surface area contributed by atoms with Gasteiger partial charge in [-0.25, -0.2) is 0 Å². The lowest BCUT2D eigenvalue weighted by Gasteiger charge is -2.28. The van der Waals surface area contributed by atoms with Gasteiger partial charge in [-0.1, -0.05) is 32.0 Å². The maximum atomic E-state index is 6.28. The van der Waals surface area contributed by atoms with Gasteiger partial charge in [0, 0.05) is 31.4 Å². The Hall–Kier alpha value is -1.06. The summed E-state index contributed by atoms with van der Waals surface area (Å²) in [6.45, 7) is 10.1. The largest absolute Gasteiger partial charge is 0.370 e. The highest BCUT2D eigenvalue weighted by molar-refractivity contribution is 5.55. The molecule has 0 aromatic heterocycles. The number of likely N-dealkylation sites (N-methyl/N-ethyl adjacent to an activating group) is 1. The predicted molar refractivity (Wildman–Crippen MR) is 82.6 cm³/mol. The highest BCUT2D eigenvalue weighted by atomic mass is 15.2. The summed E-state index contributed by atoms with van der Waals surface area (Å²) < 4.78 is 0. The Bertz CT molecular complexity index is 387. The van der Waals surface area contributed by atoms with Crippen LogP contribution in [0.1, 0.15) is 38.3 Å². The molecule has 2 rings (SSSR count). The summed E-state index contributed by atoms with van der Waals surface area (Å²) in [5.41, 5.74) is 8.95. The van der Waals surface area contributed by atoms with Crippen LogP contribution in [0.5, 0.6) is 0 Å². The van der Waals surface area contributed by atoms with Gasteiger partial charge < -0.3 is 15.5 Å². The van der Waals surface area contributed by atoms with Gasteiger partial charge in [-0.2, -0.15) is 0 Å². The van der Waals surface area contributed by atoms with Crippen LogP contribution in [0.3, 0.4) is 0 Å². The fraction of sp³-hybridized carbons (Fsp3) is 0.625. The van der Waals surface area contributed by atoms with Crippen LogP contribution in [0.25, 0.3) is 0 Å². The molecule has 0 saturated heterocycles. The second-order valence-corrected chi connectivity index (χ2v) is 5.32. The van der Waals surface area contributed by atoms with Crippen LogP contribution in [0, 0.1) is 0 Å². The van der Waals surface area contributed by atoms with Crippen LogP contribution in [-0.4, -0.2) is 37.6 Å². The number of hydrogen-bond acceptors (Lipinski definition) is 3. The predicted octanol–water partition coefficient (Wildman–Crippen LogP) is 2.63. The van der Waals surface area contributed by atoms with Crippen molar-refractivity contribution in [1.82, 2.24) is 4.90 Å². The van der Waals surface area contributed by atoms with E-state index < -0.39 is 0 Å². The molecular weight excluding hydrogens is 234 g/mol. The zero-order valence-corrected chi connectivity index (χ0v) is 12.3. The Balaban J connectivity index is 2.10. The number of fused-ring (bicyclic) bond motifs is 1. The number of benzene rings is 1. The molecule has 19 heavy (non-hydrogen) atoms. The molecule has 1 heterocycles. The lowest BCUT2D eigenvalue weighted by Crippen LogP contribution is -2.35. The fourth-order valence-electron chi connectivity index (χ4n) is 2.90. The zero-order valence-electron chi connectivity index (χ0n) is 12.3. The summed E-state index contributed by atoms with van der Waals surface area (Å²) in [7, 11) is 0. The first-order chi connectivity index (χ1) is 9.26. The lowest BCUT2D eigenvalue weighted by atomic mass is 10.0. The van der Waals surface area contributed by atoms with Crippen molar-refractivity contribution >= 4 is 5.69 Å². The highest BCUT2D eigenvalue weighted by Crippen LogP contribution is 2.30. The van der Waals surface area contributed by atoms with Crippen molar-refractivity contribution in [2.45, 2.75) is 32.7 Å². The first-order valence-electron chi connectivity index (χ1n) is 7.58. The SMILES string of the molecule is CCN(CC)CCN1CCCC(N)c2ccccc21. The molecule has 1 aliphatic heterocycles. The van der Waals surface area contributed by atoms with E-state index in [1.807, 2.05) is 0 Å². The van der Waals surface area contributed by atoms with E-state index in [4.69, 9.17) is 5.73 Å². The summed E-state index contributed by atoms with van der Waals surface area (Å²) >= 11 is 0. The fourth-order valence-corrected chi connectivity index (χ4v) is 2.90. The number of nitrogens with two attached hydrogens (primary N) is 1. The molecule has 0 fully saturated rings. The van der Waals surface area contributed by atoms with Crippen LogP contribution < -0.4 is 10.6 Å². The molecule has 1 aliphatic rings.